The highest BCUT2D eigenvalue weighted by molar-refractivity contribution is 5.63. The van der Waals surface area contributed by atoms with E-state index in [-0.39, 0.29) is 0 Å². The molecule has 0 aliphatic heterocycles. The number of hydrogen-bond donors (Lipinski definition) is 0. The van der Waals surface area contributed by atoms with Crippen molar-refractivity contribution in [1.82, 2.24) is 0 Å². The van der Waals surface area contributed by atoms with Crippen molar-refractivity contribution in [3.05, 3.63) is 68.8 Å². The molecule has 0 bridgehead atoms. The summed E-state index contributed by atoms with van der Waals surface area (Å²) < 4.78 is 13.0. The molecule has 3 nitrogen and oxygen atoms in total. The van der Waals surface area contributed by atoms with E-state index in [1.165, 1.54) is 44.5 Å². The fourth-order valence-corrected chi connectivity index (χ4v) is 7.77. The highest BCUT2D eigenvalue weighted by Gasteiger charge is 2.46. The quantitative estimate of drug-likeness (QED) is 0.294. The van der Waals surface area contributed by atoms with Crippen LogP contribution in [0, 0.1) is 0 Å². The summed E-state index contributed by atoms with van der Waals surface area (Å²) in [6.07, 6.45) is 13.4. The zero-order chi connectivity index (χ0) is 27.3. The molecular formula is C35H50O3. The molecule has 0 amide bonds. The van der Waals surface area contributed by atoms with Crippen LogP contribution in [0.3, 0.4) is 0 Å². The van der Waals surface area contributed by atoms with E-state index in [9.17, 15) is 4.79 Å². The summed E-state index contributed by atoms with van der Waals surface area (Å²) in [4.78, 5) is 13.8. The standard InChI is InChI=1S/C35H50O3/c1-7-25-17-19-31(29(11-5)27(25)9-3)34(21-13-14-22-34)37-33(36)38-35(23-15-16-24-35)32-20-18-26(8-2)28(10-4)30(32)12-6/h17-20H,7-16,21-24H2,1-6H3. The Kier molecular flexibility index (Phi) is 9.27. The summed E-state index contributed by atoms with van der Waals surface area (Å²) in [5.74, 6) is 0. The monoisotopic (exact) mass is 518 g/mol. The van der Waals surface area contributed by atoms with Gasteiger partial charge in [0.2, 0.25) is 0 Å². The third-order valence-electron chi connectivity index (χ3n) is 9.59. The molecule has 2 aromatic carbocycles. The van der Waals surface area contributed by atoms with Crippen LogP contribution in [0.25, 0.3) is 0 Å². The van der Waals surface area contributed by atoms with Crippen molar-refractivity contribution in [2.45, 2.75) is 143 Å². The van der Waals surface area contributed by atoms with Gasteiger partial charge in [0.1, 0.15) is 11.2 Å². The lowest BCUT2D eigenvalue weighted by Crippen LogP contribution is -2.36. The maximum absolute atomic E-state index is 13.8. The zero-order valence-electron chi connectivity index (χ0n) is 24.9. The van der Waals surface area contributed by atoms with Gasteiger partial charge >= 0.3 is 6.16 Å². The third-order valence-corrected chi connectivity index (χ3v) is 9.59. The Balaban J connectivity index is 1.70. The first-order chi connectivity index (χ1) is 18.4. The SMILES string of the molecule is CCc1ccc(C2(OC(=O)OC3(c4ccc(CC)c(CC)c4CC)CCCC3)CCCC2)c(CC)c1CC. The maximum atomic E-state index is 13.8. The predicted octanol–water partition coefficient (Wildman–Crippen LogP) is 9.45. The summed E-state index contributed by atoms with van der Waals surface area (Å²) in [5, 5.41) is 0. The number of rotatable bonds is 10. The van der Waals surface area contributed by atoms with E-state index in [1.807, 2.05) is 0 Å². The summed E-state index contributed by atoms with van der Waals surface area (Å²) in [6, 6.07) is 9.06. The Labute approximate surface area is 231 Å². The molecule has 2 saturated carbocycles. The lowest BCUT2D eigenvalue weighted by Gasteiger charge is -2.36. The van der Waals surface area contributed by atoms with Crippen LogP contribution < -0.4 is 0 Å². The summed E-state index contributed by atoms with van der Waals surface area (Å²) in [6.45, 7) is 13.4. The topological polar surface area (TPSA) is 35.5 Å². The van der Waals surface area contributed by atoms with Crippen molar-refractivity contribution < 1.29 is 14.3 Å². The normalized spacial score (nSPS) is 18.1. The van der Waals surface area contributed by atoms with Gasteiger partial charge in [0, 0.05) is 0 Å². The van der Waals surface area contributed by atoms with Crippen LogP contribution in [-0.2, 0) is 59.2 Å². The molecule has 0 unspecified atom stereocenters. The number of carbonyl (C=O) groups excluding carboxylic acids is 1. The maximum Gasteiger partial charge on any atom is 0.510 e. The third kappa shape index (κ3) is 5.15. The van der Waals surface area contributed by atoms with Gasteiger partial charge in [-0.25, -0.2) is 4.79 Å². The Hall–Kier alpha value is -2.29. The van der Waals surface area contributed by atoms with Crippen molar-refractivity contribution in [3.63, 3.8) is 0 Å². The van der Waals surface area contributed by atoms with E-state index in [0.717, 1.165) is 89.9 Å². The van der Waals surface area contributed by atoms with E-state index >= 15 is 0 Å². The van der Waals surface area contributed by atoms with Gasteiger partial charge in [0.25, 0.3) is 0 Å². The molecule has 2 aliphatic rings. The van der Waals surface area contributed by atoms with E-state index in [2.05, 4.69) is 65.8 Å². The lowest BCUT2D eigenvalue weighted by molar-refractivity contribution is -0.0841. The highest BCUT2D eigenvalue weighted by Crippen LogP contribution is 2.48. The molecule has 0 atom stereocenters. The molecule has 208 valence electrons. The van der Waals surface area contributed by atoms with Gasteiger partial charge < -0.3 is 9.47 Å². The molecule has 3 heteroatoms. The molecule has 0 radical (unpaired) electrons. The van der Waals surface area contributed by atoms with Crippen molar-refractivity contribution in [2.24, 2.45) is 0 Å². The van der Waals surface area contributed by atoms with Crippen LogP contribution >= 0.6 is 0 Å². The van der Waals surface area contributed by atoms with Gasteiger partial charge in [-0.2, -0.15) is 0 Å². The summed E-state index contributed by atoms with van der Waals surface area (Å²) in [7, 11) is 0. The minimum Gasteiger partial charge on any atom is -0.423 e. The number of hydrogen-bond acceptors (Lipinski definition) is 3. The zero-order valence-corrected chi connectivity index (χ0v) is 24.9. The van der Waals surface area contributed by atoms with Gasteiger partial charge in [0.15, 0.2) is 0 Å². The molecule has 2 aromatic rings. The van der Waals surface area contributed by atoms with E-state index in [4.69, 9.17) is 9.47 Å². The largest absolute Gasteiger partial charge is 0.510 e. The van der Waals surface area contributed by atoms with Crippen molar-refractivity contribution >= 4 is 6.16 Å². The Morgan fingerprint density at radius 2 is 0.895 bits per heavy atom. The summed E-state index contributed by atoms with van der Waals surface area (Å²) >= 11 is 0. The van der Waals surface area contributed by atoms with Gasteiger partial charge in [-0.1, -0.05) is 65.8 Å². The summed E-state index contributed by atoms with van der Waals surface area (Å²) in [5.41, 5.74) is 9.78. The van der Waals surface area contributed by atoms with Gasteiger partial charge in [-0.05, 0) is 134 Å². The van der Waals surface area contributed by atoms with Crippen molar-refractivity contribution in [1.29, 1.82) is 0 Å². The second-order valence-corrected chi connectivity index (χ2v) is 11.4. The van der Waals surface area contributed by atoms with Crippen LogP contribution in [0.2, 0.25) is 0 Å². The molecular weight excluding hydrogens is 468 g/mol. The van der Waals surface area contributed by atoms with Crippen LogP contribution in [0.4, 0.5) is 4.79 Å². The van der Waals surface area contributed by atoms with Gasteiger partial charge in [0.05, 0.1) is 0 Å². The van der Waals surface area contributed by atoms with E-state index in [1.54, 1.807) is 0 Å². The predicted molar refractivity (Wildman–Crippen MR) is 157 cm³/mol. The van der Waals surface area contributed by atoms with Crippen molar-refractivity contribution in [2.75, 3.05) is 0 Å². The molecule has 4 rings (SSSR count). The smallest absolute Gasteiger partial charge is 0.423 e. The van der Waals surface area contributed by atoms with Gasteiger partial charge in [-0.3, -0.25) is 0 Å². The average Bonchev–Trinajstić information content (AvgIpc) is 3.61. The fraction of sp³-hybridized carbons (Fsp3) is 0.629. The molecule has 0 heterocycles. The van der Waals surface area contributed by atoms with Crippen LogP contribution in [0.1, 0.15) is 137 Å². The molecule has 2 fully saturated rings. The number of aryl methyl sites for hydroxylation is 2. The minimum absolute atomic E-state index is 0.479. The fourth-order valence-electron chi connectivity index (χ4n) is 7.77. The first-order valence-corrected chi connectivity index (χ1v) is 15.6. The molecule has 0 saturated heterocycles. The molecule has 0 spiro atoms. The second-order valence-electron chi connectivity index (χ2n) is 11.4. The first-order valence-electron chi connectivity index (χ1n) is 15.6. The minimum atomic E-state index is -0.577. The number of ether oxygens (including phenoxy) is 2. The first kappa shape index (κ1) is 28.7. The van der Waals surface area contributed by atoms with E-state index < -0.39 is 17.4 Å². The average molecular weight is 519 g/mol. The number of carbonyl (C=O) groups is 1. The van der Waals surface area contributed by atoms with E-state index in [0.29, 0.717) is 0 Å². The van der Waals surface area contributed by atoms with Crippen LogP contribution in [-0.4, -0.2) is 6.16 Å². The second kappa shape index (κ2) is 12.3. The lowest BCUT2D eigenvalue weighted by atomic mass is 9.82. The number of benzene rings is 2. The highest BCUT2D eigenvalue weighted by atomic mass is 16.7. The molecule has 38 heavy (non-hydrogen) atoms. The van der Waals surface area contributed by atoms with Crippen LogP contribution in [0.5, 0.6) is 0 Å². The van der Waals surface area contributed by atoms with Gasteiger partial charge in [-0.15, -0.1) is 0 Å². The molecule has 0 aromatic heterocycles. The van der Waals surface area contributed by atoms with Crippen molar-refractivity contribution in [3.8, 4) is 0 Å². The Morgan fingerprint density at radius 3 is 1.18 bits per heavy atom. The molecule has 2 aliphatic carbocycles. The Morgan fingerprint density at radius 1 is 0.553 bits per heavy atom. The molecule has 0 N–H and O–H groups in total. The van der Waals surface area contributed by atoms with Crippen LogP contribution in [0.15, 0.2) is 24.3 Å². The Bertz CT molecular complexity index is 1030.